The molecule has 0 spiro atoms. The Labute approximate surface area is 217 Å². The van der Waals surface area contributed by atoms with Gasteiger partial charge in [-0.15, -0.1) is 0 Å². The van der Waals surface area contributed by atoms with Gasteiger partial charge in [0, 0.05) is 33.7 Å². The van der Waals surface area contributed by atoms with Crippen LogP contribution in [-0.2, 0) is 16.0 Å². The van der Waals surface area contributed by atoms with Crippen LogP contribution >= 0.6 is 15.9 Å². The molecule has 182 valence electrons. The Morgan fingerprint density at radius 3 is 2.58 bits per heavy atom. The molecule has 1 atom stereocenters. The number of fused-ring (bicyclic) bond motifs is 1. The standard InChI is InChI=1S/C29H25BrN2O4/c1-2-36-22-12-10-18(11-13-22)27(33)25-26(19-6-5-7-21(30)16-19)32(29(35)28(25)34)15-14-20-17-31-24-9-4-3-8-23(20)24/h3-13,16-17,26,31,33H,2,14-15H2,1H3/b27-25-. The minimum atomic E-state index is -0.709. The molecule has 1 amide bonds. The lowest BCUT2D eigenvalue weighted by molar-refractivity contribution is -0.139. The summed E-state index contributed by atoms with van der Waals surface area (Å²) < 4.78 is 6.31. The predicted molar refractivity (Wildman–Crippen MR) is 143 cm³/mol. The van der Waals surface area contributed by atoms with E-state index >= 15 is 0 Å². The lowest BCUT2D eigenvalue weighted by Crippen LogP contribution is -2.31. The van der Waals surface area contributed by atoms with Crippen molar-refractivity contribution in [2.75, 3.05) is 13.2 Å². The highest BCUT2D eigenvalue weighted by atomic mass is 79.9. The normalized spacial score (nSPS) is 17.2. The topological polar surface area (TPSA) is 82.6 Å². The van der Waals surface area contributed by atoms with Crippen LogP contribution < -0.4 is 4.74 Å². The van der Waals surface area contributed by atoms with Crippen molar-refractivity contribution < 1.29 is 19.4 Å². The van der Waals surface area contributed by atoms with E-state index in [-0.39, 0.29) is 11.3 Å². The lowest BCUT2D eigenvalue weighted by atomic mass is 9.95. The fraction of sp³-hybridized carbons (Fsp3) is 0.172. The van der Waals surface area contributed by atoms with Gasteiger partial charge in [0.05, 0.1) is 18.2 Å². The Kier molecular flexibility index (Phi) is 6.65. The number of para-hydroxylation sites is 1. The monoisotopic (exact) mass is 544 g/mol. The molecule has 1 aliphatic heterocycles. The Morgan fingerprint density at radius 2 is 1.83 bits per heavy atom. The number of benzene rings is 3. The van der Waals surface area contributed by atoms with Crippen LogP contribution in [0.3, 0.4) is 0 Å². The van der Waals surface area contributed by atoms with Gasteiger partial charge in [-0.1, -0.05) is 46.3 Å². The van der Waals surface area contributed by atoms with Crippen molar-refractivity contribution in [3.63, 3.8) is 0 Å². The first-order chi connectivity index (χ1) is 17.5. The maximum absolute atomic E-state index is 13.3. The third-order valence-corrected chi connectivity index (χ3v) is 6.93. The number of aliphatic hydroxyl groups is 1. The van der Waals surface area contributed by atoms with E-state index in [9.17, 15) is 14.7 Å². The predicted octanol–water partition coefficient (Wildman–Crippen LogP) is 5.99. The van der Waals surface area contributed by atoms with E-state index in [1.54, 1.807) is 29.2 Å². The zero-order chi connectivity index (χ0) is 25.2. The number of nitrogens with one attached hydrogen (secondary N) is 1. The second-order valence-corrected chi connectivity index (χ2v) is 9.53. The number of rotatable bonds is 7. The third-order valence-electron chi connectivity index (χ3n) is 6.44. The first-order valence-corrected chi connectivity index (χ1v) is 12.6. The van der Waals surface area contributed by atoms with Crippen molar-refractivity contribution in [2.45, 2.75) is 19.4 Å². The van der Waals surface area contributed by atoms with Crippen molar-refractivity contribution in [1.29, 1.82) is 0 Å². The number of likely N-dealkylation sites (tertiary alicyclic amines) is 1. The van der Waals surface area contributed by atoms with E-state index in [2.05, 4.69) is 20.9 Å². The van der Waals surface area contributed by atoms with Gasteiger partial charge in [0.1, 0.15) is 11.5 Å². The van der Waals surface area contributed by atoms with Crippen LogP contribution in [-0.4, -0.2) is 39.8 Å². The molecular formula is C29H25BrN2O4. The molecule has 1 aliphatic rings. The summed E-state index contributed by atoms with van der Waals surface area (Å²) in [4.78, 5) is 31.4. The fourth-order valence-electron chi connectivity index (χ4n) is 4.74. The number of ether oxygens (including phenoxy) is 1. The molecule has 0 bridgehead atoms. The van der Waals surface area contributed by atoms with Gasteiger partial charge in [0.2, 0.25) is 0 Å². The van der Waals surface area contributed by atoms with Crippen molar-refractivity contribution in [3.05, 3.63) is 106 Å². The summed E-state index contributed by atoms with van der Waals surface area (Å²) in [5, 5.41) is 12.3. The summed E-state index contributed by atoms with van der Waals surface area (Å²) in [5.74, 6) is -0.842. The number of amides is 1. The molecular weight excluding hydrogens is 520 g/mol. The van der Waals surface area contributed by atoms with E-state index in [1.165, 1.54) is 0 Å². The molecule has 5 rings (SSSR count). The van der Waals surface area contributed by atoms with Gasteiger partial charge >= 0.3 is 0 Å². The lowest BCUT2D eigenvalue weighted by Gasteiger charge is -2.25. The number of aliphatic hydroxyl groups excluding tert-OH is 1. The molecule has 0 radical (unpaired) electrons. The summed E-state index contributed by atoms with van der Waals surface area (Å²) in [7, 11) is 0. The number of H-pyrrole nitrogens is 1. The zero-order valence-electron chi connectivity index (χ0n) is 19.7. The third kappa shape index (κ3) is 4.42. The molecule has 7 heteroatoms. The van der Waals surface area contributed by atoms with E-state index in [0.29, 0.717) is 30.9 Å². The van der Waals surface area contributed by atoms with E-state index in [4.69, 9.17) is 4.74 Å². The SMILES string of the molecule is CCOc1ccc(/C(O)=C2/C(=O)C(=O)N(CCc3c[nH]c4ccccc34)C2c2cccc(Br)c2)cc1. The Morgan fingerprint density at radius 1 is 1.06 bits per heavy atom. The highest BCUT2D eigenvalue weighted by Crippen LogP contribution is 2.40. The van der Waals surface area contributed by atoms with Crippen LogP contribution in [0.1, 0.15) is 29.7 Å². The molecule has 0 saturated carbocycles. The molecule has 1 aromatic heterocycles. The minimum Gasteiger partial charge on any atom is -0.507 e. The van der Waals surface area contributed by atoms with Crippen LogP contribution in [0, 0.1) is 0 Å². The first kappa shape index (κ1) is 23.9. The van der Waals surface area contributed by atoms with Crippen LogP contribution in [0.5, 0.6) is 5.75 Å². The molecule has 1 saturated heterocycles. The van der Waals surface area contributed by atoms with E-state index in [1.807, 2.05) is 61.7 Å². The molecule has 4 aromatic rings. The molecule has 1 fully saturated rings. The summed E-state index contributed by atoms with van der Waals surface area (Å²) in [6, 6.07) is 21.6. The summed E-state index contributed by atoms with van der Waals surface area (Å²) in [5.41, 5.74) is 3.37. The number of halogens is 1. The smallest absolute Gasteiger partial charge is 0.295 e. The number of aromatic amines is 1. The number of carbonyl (C=O) groups is 2. The van der Waals surface area contributed by atoms with Crippen LogP contribution in [0.25, 0.3) is 16.7 Å². The Bertz CT molecular complexity index is 1470. The largest absolute Gasteiger partial charge is 0.507 e. The van der Waals surface area contributed by atoms with Gasteiger partial charge in [-0.2, -0.15) is 0 Å². The van der Waals surface area contributed by atoms with E-state index in [0.717, 1.165) is 26.5 Å². The molecule has 0 aliphatic carbocycles. The number of nitrogens with zero attached hydrogens (tertiary/aromatic N) is 1. The van der Waals surface area contributed by atoms with Gasteiger partial charge in [-0.05, 0) is 66.9 Å². The number of carbonyl (C=O) groups excluding carboxylic acids is 2. The van der Waals surface area contributed by atoms with Crippen molar-refractivity contribution in [3.8, 4) is 5.75 Å². The minimum absolute atomic E-state index is 0.0844. The van der Waals surface area contributed by atoms with Crippen molar-refractivity contribution >= 4 is 44.3 Å². The second-order valence-electron chi connectivity index (χ2n) is 8.61. The Balaban J connectivity index is 1.54. The van der Waals surface area contributed by atoms with Gasteiger partial charge in [0.25, 0.3) is 11.7 Å². The number of hydrogen-bond acceptors (Lipinski definition) is 4. The highest BCUT2D eigenvalue weighted by Gasteiger charge is 2.45. The fourth-order valence-corrected chi connectivity index (χ4v) is 5.16. The average molecular weight is 545 g/mol. The number of ketones is 1. The summed E-state index contributed by atoms with van der Waals surface area (Å²) in [6.07, 6.45) is 2.50. The maximum Gasteiger partial charge on any atom is 0.295 e. The van der Waals surface area contributed by atoms with Crippen molar-refractivity contribution in [1.82, 2.24) is 9.88 Å². The Hall–Kier alpha value is -3.84. The molecule has 6 nitrogen and oxygen atoms in total. The zero-order valence-corrected chi connectivity index (χ0v) is 21.3. The molecule has 2 heterocycles. The van der Waals surface area contributed by atoms with Crippen LogP contribution in [0.2, 0.25) is 0 Å². The van der Waals surface area contributed by atoms with Gasteiger partial charge in [-0.25, -0.2) is 0 Å². The van der Waals surface area contributed by atoms with Gasteiger partial charge in [-0.3, -0.25) is 9.59 Å². The maximum atomic E-state index is 13.3. The van der Waals surface area contributed by atoms with E-state index < -0.39 is 17.7 Å². The summed E-state index contributed by atoms with van der Waals surface area (Å²) >= 11 is 3.50. The molecule has 36 heavy (non-hydrogen) atoms. The molecule has 3 aromatic carbocycles. The highest BCUT2D eigenvalue weighted by molar-refractivity contribution is 9.10. The first-order valence-electron chi connectivity index (χ1n) is 11.8. The van der Waals surface area contributed by atoms with Crippen LogP contribution in [0.15, 0.2) is 89.0 Å². The second kappa shape index (κ2) is 10.0. The average Bonchev–Trinajstić information content (AvgIpc) is 3.41. The van der Waals surface area contributed by atoms with Crippen LogP contribution in [0.4, 0.5) is 0 Å². The number of hydrogen-bond donors (Lipinski definition) is 2. The number of aromatic nitrogens is 1. The van der Waals surface area contributed by atoms with Gasteiger partial charge in [0.15, 0.2) is 0 Å². The summed E-state index contributed by atoms with van der Waals surface area (Å²) in [6.45, 7) is 2.74. The molecule has 2 N–H and O–H groups in total. The van der Waals surface area contributed by atoms with Crippen molar-refractivity contribution in [2.24, 2.45) is 0 Å². The number of Topliss-reactive ketones (excluding diaryl/α,β-unsaturated/α-hetero) is 1. The quantitative estimate of drug-likeness (QED) is 0.170. The van der Waals surface area contributed by atoms with Gasteiger partial charge < -0.3 is 19.7 Å². The molecule has 1 unspecified atom stereocenters.